The fourth-order valence-corrected chi connectivity index (χ4v) is 1.85. The lowest BCUT2D eigenvalue weighted by Crippen LogP contribution is -2.48. The molecule has 2 atom stereocenters. The van der Waals surface area contributed by atoms with Crippen LogP contribution in [0.3, 0.4) is 0 Å². The predicted molar refractivity (Wildman–Crippen MR) is 55.5 cm³/mol. The van der Waals surface area contributed by atoms with Crippen LogP contribution in [0.15, 0.2) is 0 Å². The molecule has 5 nitrogen and oxygen atoms in total. The van der Waals surface area contributed by atoms with Crippen molar-refractivity contribution in [2.45, 2.75) is 38.3 Å². The first-order valence-corrected chi connectivity index (χ1v) is 5.29. The molecule has 0 spiro atoms. The van der Waals surface area contributed by atoms with Gasteiger partial charge in [0.05, 0.1) is 6.04 Å². The zero-order chi connectivity index (χ0) is 11.4. The van der Waals surface area contributed by atoms with Gasteiger partial charge in [-0.15, -0.1) is 0 Å². The van der Waals surface area contributed by atoms with Gasteiger partial charge < -0.3 is 10.4 Å². The molecule has 0 aromatic carbocycles. The number of hydrogen-bond acceptors (Lipinski definition) is 3. The molecule has 2 unspecified atom stereocenters. The Labute approximate surface area is 89.4 Å². The lowest BCUT2D eigenvalue weighted by Gasteiger charge is -2.21. The molecule has 0 saturated carbocycles. The molecule has 1 amide bonds. The Kier molecular flexibility index (Phi) is 4.08. The quantitative estimate of drug-likeness (QED) is 0.694. The highest BCUT2D eigenvalue weighted by atomic mass is 16.4. The summed E-state index contributed by atoms with van der Waals surface area (Å²) in [5.74, 6) is -1.13. The highest BCUT2D eigenvalue weighted by molar-refractivity contribution is 5.87. The van der Waals surface area contributed by atoms with E-state index in [0.717, 1.165) is 19.4 Å². The second-order valence-electron chi connectivity index (χ2n) is 3.95. The molecular formula is C10H18N2O3. The van der Waals surface area contributed by atoms with Crippen molar-refractivity contribution in [1.29, 1.82) is 0 Å². The molecule has 0 aromatic rings. The Balaban J connectivity index is 2.50. The molecule has 0 aliphatic carbocycles. The van der Waals surface area contributed by atoms with Crippen LogP contribution in [-0.4, -0.2) is 47.6 Å². The summed E-state index contributed by atoms with van der Waals surface area (Å²) in [6.07, 6.45) is 2.23. The molecule has 0 radical (unpaired) electrons. The zero-order valence-electron chi connectivity index (χ0n) is 9.19. The summed E-state index contributed by atoms with van der Waals surface area (Å²) in [7, 11) is 1.89. The first-order chi connectivity index (χ1) is 7.06. The number of hydrogen-bond donors (Lipinski definition) is 2. The normalized spacial score (nSPS) is 23.7. The summed E-state index contributed by atoms with van der Waals surface area (Å²) in [6, 6.07) is -0.912. The second kappa shape index (κ2) is 5.11. The molecule has 1 heterocycles. The first kappa shape index (κ1) is 12.0. The molecule has 1 aliphatic heterocycles. The van der Waals surface area contributed by atoms with Gasteiger partial charge >= 0.3 is 5.97 Å². The molecule has 1 fully saturated rings. The molecule has 0 bridgehead atoms. The van der Waals surface area contributed by atoms with Gasteiger partial charge in [0.15, 0.2) is 0 Å². The monoisotopic (exact) mass is 214 g/mol. The molecular weight excluding hydrogens is 196 g/mol. The van der Waals surface area contributed by atoms with Gasteiger partial charge in [0, 0.05) is 0 Å². The zero-order valence-corrected chi connectivity index (χ0v) is 9.19. The number of likely N-dealkylation sites (N-methyl/N-ethyl adjacent to an activating group) is 1. The Morgan fingerprint density at radius 3 is 2.67 bits per heavy atom. The van der Waals surface area contributed by atoms with Crippen LogP contribution in [0, 0.1) is 0 Å². The van der Waals surface area contributed by atoms with Crippen LogP contribution in [-0.2, 0) is 9.59 Å². The molecule has 1 aliphatic rings. The molecule has 1 saturated heterocycles. The number of nitrogens with zero attached hydrogens (tertiary/aromatic N) is 1. The third kappa shape index (κ3) is 2.92. The minimum Gasteiger partial charge on any atom is -0.480 e. The van der Waals surface area contributed by atoms with E-state index in [4.69, 9.17) is 5.11 Å². The van der Waals surface area contributed by atoms with Gasteiger partial charge in [-0.2, -0.15) is 0 Å². The minimum atomic E-state index is -0.966. The van der Waals surface area contributed by atoms with Gasteiger partial charge in [-0.1, -0.05) is 6.92 Å². The van der Waals surface area contributed by atoms with E-state index in [2.05, 4.69) is 5.32 Å². The van der Waals surface area contributed by atoms with Gasteiger partial charge in [0.1, 0.15) is 6.04 Å². The van der Waals surface area contributed by atoms with E-state index >= 15 is 0 Å². The van der Waals surface area contributed by atoms with Crippen LogP contribution in [0.4, 0.5) is 0 Å². The summed E-state index contributed by atoms with van der Waals surface area (Å²) in [5.41, 5.74) is 0. The van der Waals surface area contributed by atoms with E-state index in [9.17, 15) is 9.59 Å². The van der Waals surface area contributed by atoms with Crippen molar-refractivity contribution in [1.82, 2.24) is 10.2 Å². The number of carbonyl (C=O) groups is 2. The third-order valence-corrected chi connectivity index (χ3v) is 2.85. The largest absolute Gasteiger partial charge is 0.480 e. The molecule has 1 rings (SSSR count). The van der Waals surface area contributed by atoms with Crippen LogP contribution in [0.25, 0.3) is 0 Å². The molecule has 5 heteroatoms. The highest BCUT2D eigenvalue weighted by Gasteiger charge is 2.30. The maximum absolute atomic E-state index is 11.7. The van der Waals surface area contributed by atoms with Gasteiger partial charge in [-0.3, -0.25) is 9.69 Å². The van der Waals surface area contributed by atoms with Gasteiger partial charge in [-0.25, -0.2) is 4.79 Å². The molecule has 15 heavy (non-hydrogen) atoms. The lowest BCUT2D eigenvalue weighted by molar-refractivity contribution is -0.142. The first-order valence-electron chi connectivity index (χ1n) is 5.29. The van der Waals surface area contributed by atoms with Crippen molar-refractivity contribution in [2.75, 3.05) is 13.6 Å². The Bertz CT molecular complexity index is 255. The molecule has 86 valence electrons. The third-order valence-electron chi connectivity index (χ3n) is 2.85. The fraction of sp³-hybridized carbons (Fsp3) is 0.800. The van der Waals surface area contributed by atoms with Gasteiger partial charge in [-0.05, 0) is 32.9 Å². The summed E-state index contributed by atoms with van der Waals surface area (Å²) in [4.78, 5) is 24.4. The Hall–Kier alpha value is -1.10. The highest BCUT2D eigenvalue weighted by Crippen LogP contribution is 2.14. The van der Waals surface area contributed by atoms with Crippen molar-refractivity contribution in [2.24, 2.45) is 0 Å². The van der Waals surface area contributed by atoms with Crippen molar-refractivity contribution in [3.8, 4) is 0 Å². The number of rotatable bonds is 4. The second-order valence-corrected chi connectivity index (χ2v) is 3.95. The van der Waals surface area contributed by atoms with Crippen molar-refractivity contribution in [3.63, 3.8) is 0 Å². The Morgan fingerprint density at radius 1 is 1.60 bits per heavy atom. The molecule has 2 N–H and O–H groups in total. The van der Waals surface area contributed by atoms with E-state index in [0.29, 0.717) is 6.42 Å². The van der Waals surface area contributed by atoms with Crippen molar-refractivity contribution in [3.05, 3.63) is 0 Å². The molecule has 0 aromatic heterocycles. The van der Waals surface area contributed by atoms with E-state index < -0.39 is 12.0 Å². The van der Waals surface area contributed by atoms with Crippen LogP contribution >= 0.6 is 0 Å². The summed E-state index contributed by atoms with van der Waals surface area (Å²) in [5, 5.41) is 11.4. The van der Waals surface area contributed by atoms with Crippen LogP contribution in [0.5, 0.6) is 0 Å². The summed E-state index contributed by atoms with van der Waals surface area (Å²) in [6.45, 7) is 2.65. The van der Waals surface area contributed by atoms with E-state index in [1.165, 1.54) is 0 Å². The predicted octanol–water partition coefficient (Wildman–Crippen LogP) is 0.0600. The maximum atomic E-state index is 11.7. The van der Waals surface area contributed by atoms with Crippen LogP contribution in [0.2, 0.25) is 0 Å². The number of aliphatic carboxylic acids is 1. The number of amides is 1. The number of likely N-dealkylation sites (tertiary alicyclic amines) is 1. The minimum absolute atomic E-state index is 0.154. The van der Waals surface area contributed by atoms with E-state index in [1.807, 2.05) is 11.9 Å². The van der Waals surface area contributed by atoms with Crippen molar-refractivity contribution >= 4 is 11.9 Å². The summed E-state index contributed by atoms with van der Waals surface area (Å²) < 4.78 is 0. The number of nitrogens with one attached hydrogen (secondary N) is 1. The number of carboxylic acid groups (broad SMARTS) is 1. The Morgan fingerprint density at radius 2 is 2.27 bits per heavy atom. The summed E-state index contributed by atoms with van der Waals surface area (Å²) >= 11 is 0. The number of carbonyl (C=O) groups excluding carboxylic acids is 1. The average Bonchev–Trinajstić information content (AvgIpc) is 2.60. The van der Waals surface area contributed by atoms with Crippen LogP contribution < -0.4 is 5.32 Å². The average molecular weight is 214 g/mol. The standard InChI is InChI=1S/C10H18N2O3/c1-3-7(10(14)15)11-9(13)8-5-4-6-12(8)2/h7-8H,3-6H2,1-2H3,(H,11,13)(H,14,15). The van der Waals surface area contributed by atoms with Crippen molar-refractivity contribution < 1.29 is 14.7 Å². The fourth-order valence-electron chi connectivity index (χ4n) is 1.85. The van der Waals surface area contributed by atoms with E-state index in [-0.39, 0.29) is 11.9 Å². The van der Waals surface area contributed by atoms with Gasteiger partial charge in [0.2, 0.25) is 5.91 Å². The van der Waals surface area contributed by atoms with Crippen LogP contribution in [0.1, 0.15) is 26.2 Å². The van der Waals surface area contributed by atoms with Gasteiger partial charge in [0.25, 0.3) is 0 Å². The topological polar surface area (TPSA) is 69.6 Å². The van der Waals surface area contributed by atoms with E-state index in [1.54, 1.807) is 6.92 Å². The smallest absolute Gasteiger partial charge is 0.326 e. The maximum Gasteiger partial charge on any atom is 0.326 e. The SMILES string of the molecule is CCC(NC(=O)C1CCCN1C)C(=O)O. The lowest BCUT2D eigenvalue weighted by atomic mass is 10.1. The number of carboxylic acids is 1.